The first-order chi connectivity index (χ1) is 13.1. The van der Waals surface area contributed by atoms with Crippen LogP contribution in [0.2, 0.25) is 0 Å². The Bertz CT molecular complexity index is 1170. The molecule has 1 amide bonds. The Morgan fingerprint density at radius 2 is 2.11 bits per heavy atom. The molecular formula is C18H19N7O2. The summed E-state index contributed by atoms with van der Waals surface area (Å²) in [7, 11) is 0. The number of amides is 1. The molecule has 1 atom stereocenters. The summed E-state index contributed by atoms with van der Waals surface area (Å²) in [5.41, 5.74) is 2.15. The maximum atomic E-state index is 12.8. The SMILES string of the molecule is Cc1cc2ccccc2n2c(=O)n(CCNC(=O)[C@@H](C)n3cncn3)nc12. The summed E-state index contributed by atoms with van der Waals surface area (Å²) < 4.78 is 4.47. The largest absolute Gasteiger partial charge is 0.352 e. The Kier molecular flexibility index (Phi) is 4.19. The molecule has 138 valence electrons. The standard InChI is InChI=1S/C18H19N7O2/c1-12-9-14-5-3-4-6-15(14)25-16(12)22-23(18(25)27)8-7-20-17(26)13(2)24-11-19-10-21-24/h3-6,9-11,13H,7-8H2,1-2H3,(H,20,26)/t13-/m1/s1. The van der Waals surface area contributed by atoms with Crippen LogP contribution < -0.4 is 11.0 Å². The van der Waals surface area contributed by atoms with Crippen molar-refractivity contribution in [2.24, 2.45) is 0 Å². The highest BCUT2D eigenvalue weighted by atomic mass is 16.2. The van der Waals surface area contributed by atoms with Crippen molar-refractivity contribution in [3.63, 3.8) is 0 Å². The van der Waals surface area contributed by atoms with Gasteiger partial charge in [-0.3, -0.25) is 4.79 Å². The number of pyridine rings is 1. The summed E-state index contributed by atoms with van der Waals surface area (Å²) >= 11 is 0. The first kappa shape index (κ1) is 17.0. The van der Waals surface area contributed by atoms with Crippen LogP contribution in [0.4, 0.5) is 0 Å². The number of aromatic nitrogens is 6. The van der Waals surface area contributed by atoms with Gasteiger partial charge in [0.25, 0.3) is 0 Å². The fourth-order valence-corrected chi connectivity index (χ4v) is 3.11. The van der Waals surface area contributed by atoms with E-state index in [0.29, 0.717) is 12.2 Å². The van der Waals surface area contributed by atoms with E-state index in [0.717, 1.165) is 16.5 Å². The summed E-state index contributed by atoms with van der Waals surface area (Å²) in [4.78, 5) is 28.9. The number of para-hydroxylation sites is 1. The van der Waals surface area contributed by atoms with E-state index in [4.69, 9.17) is 0 Å². The molecular weight excluding hydrogens is 346 g/mol. The van der Waals surface area contributed by atoms with Crippen LogP contribution >= 0.6 is 0 Å². The monoisotopic (exact) mass is 365 g/mol. The number of fused-ring (bicyclic) bond motifs is 3. The van der Waals surface area contributed by atoms with Crippen molar-refractivity contribution in [3.05, 3.63) is 59.0 Å². The maximum absolute atomic E-state index is 12.8. The zero-order chi connectivity index (χ0) is 19.0. The normalized spacial score (nSPS) is 12.5. The Balaban J connectivity index is 1.55. The van der Waals surface area contributed by atoms with Gasteiger partial charge in [0.2, 0.25) is 5.91 Å². The minimum Gasteiger partial charge on any atom is -0.352 e. The smallest absolute Gasteiger partial charge is 0.350 e. The summed E-state index contributed by atoms with van der Waals surface area (Å²) in [6.07, 6.45) is 2.87. The summed E-state index contributed by atoms with van der Waals surface area (Å²) in [5, 5.41) is 12.2. The van der Waals surface area contributed by atoms with Crippen LogP contribution in [-0.2, 0) is 11.3 Å². The van der Waals surface area contributed by atoms with Crippen LogP contribution in [0.15, 0.2) is 47.8 Å². The molecule has 0 saturated carbocycles. The second-order valence-corrected chi connectivity index (χ2v) is 6.39. The first-order valence-corrected chi connectivity index (χ1v) is 8.66. The van der Waals surface area contributed by atoms with Crippen LogP contribution in [0.25, 0.3) is 16.6 Å². The van der Waals surface area contributed by atoms with Gasteiger partial charge < -0.3 is 5.32 Å². The number of hydrogen-bond donors (Lipinski definition) is 1. The van der Waals surface area contributed by atoms with Gasteiger partial charge in [-0.15, -0.1) is 5.10 Å². The molecule has 9 heteroatoms. The Labute approximate surface area is 154 Å². The van der Waals surface area contributed by atoms with Crippen LogP contribution in [-0.4, -0.2) is 41.4 Å². The average molecular weight is 365 g/mol. The first-order valence-electron chi connectivity index (χ1n) is 8.66. The molecule has 0 fully saturated rings. The number of nitrogens with zero attached hydrogens (tertiary/aromatic N) is 6. The molecule has 3 heterocycles. The number of aryl methyl sites for hydroxylation is 1. The van der Waals surface area contributed by atoms with Gasteiger partial charge in [0.05, 0.1) is 12.1 Å². The van der Waals surface area contributed by atoms with Gasteiger partial charge in [0, 0.05) is 6.54 Å². The van der Waals surface area contributed by atoms with Gasteiger partial charge in [-0.05, 0) is 36.9 Å². The van der Waals surface area contributed by atoms with E-state index in [9.17, 15) is 9.59 Å². The number of benzene rings is 1. The second kappa shape index (κ2) is 6.67. The summed E-state index contributed by atoms with van der Waals surface area (Å²) in [6, 6.07) is 9.25. The molecule has 0 aliphatic heterocycles. The van der Waals surface area contributed by atoms with E-state index in [1.807, 2.05) is 37.3 Å². The molecule has 1 N–H and O–H groups in total. The number of carbonyl (C=O) groups is 1. The third-order valence-electron chi connectivity index (χ3n) is 4.58. The lowest BCUT2D eigenvalue weighted by Gasteiger charge is -2.11. The molecule has 0 bridgehead atoms. The van der Waals surface area contributed by atoms with Crippen LogP contribution in [0, 0.1) is 6.92 Å². The molecule has 1 aromatic carbocycles. The predicted octanol–water partition coefficient (Wildman–Crippen LogP) is 0.927. The number of hydrogen-bond acceptors (Lipinski definition) is 5. The van der Waals surface area contributed by atoms with Gasteiger partial charge in [-0.25, -0.2) is 23.5 Å². The quantitative estimate of drug-likeness (QED) is 0.567. The molecule has 3 aromatic heterocycles. The van der Waals surface area contributed by atoms with E-state index >= 15 is 0 Å². The molecule has 0 unspecified atom stereocenters. The zero-order valence-corrected chi connectivity index (χ0v) is 15.0. The highest BCUT2D eigenvalue weighted by Gasteiger charge is 2.16. The lowest BCUT2D eigenvalue weighted by molar-refractivity contribution is -0.124. The molecule has 0 aliphatic rings. The van der Waals surface area contributed by atoms with Gasteiger partial charge in [-0.1, -0.05) is 18.2 Å². The van der Waals surface area contributed by atoms with E-state index in [1.165, 1.54) is 22.0 Å². The maximum Gasteiger partial charge on any atom is 0.350 e. The molecule has 0 spiro atoms. The van der Waals surface area contributed by atoms with E-state index in [-0.39, 0.29) is 18.1 Å². The van der Waals surface area contributed by atoms with Gasteiger partial charge in [-0.2, -0.15) is 5.10 Å². The van der Waals surface area contributed by atoms with Crippen molar-refractivity contribution in [2.75, 3.05) is 6.54 Å². The van der Waals surface area contributed by atoms with Crippen molar-refractivity contribution in [1.82, 2.24) is 34.3 Å². The molecule has 0 aliphatic carbocycles. The third kappa shape index (κ3) is 2.97. The molecule has 0 saturated heterocycles. The number of rotatable bonds is 5. The van der Waals surface area contributed by atoms with Gasteiger partial charge in [0.15, 0.2) is 5.65 Å². The van der Waals surface area contributed by atoms with Crippen molar-refractivity contribution in [1.29, 1.82) is 0 Å². The van der Waals surface area contributed by atoms with Crippen LogP contribution in [0.5, 0.6) is 0 Å². The third-order valence-corrected chi connectivity index (χ3v) is 4.58. The molecule has 9 nitrogen and oxygen atoms in total. The topological polar surface area (TPSA) is 99.1 Å². The van der Waals surface area contributed by atoms with E-state index < -0.39 is 6.04 Å². The molecule has 0 radical (unpaired) electrons. The van der Waals surface area contributed by atoms with Gasteiger partial charge in [0.1, 0.15) is 18.7 Å². The minimum absolute atomic E-state index is 0.195. The van der Waals surface area contributed by atoms with Crippen LogP contribution in [0.3, 0.4) is 0 Å². The Morgan fingerprint density at radius 1 is 1.30 bits per heavy atom. The van der Waals surface area contributed by atoms with Crippen molar-refractivity contribution in [2.45, 2.75) is 26.4 Å². The highest BCUT2D eigenvalue weighted by Crippen LogP contribution is 2.17. The zero-order valence-electron chi connectivity index (χ0n) is 15.0. The number of nitrogens with one attached hydrogen (secondary N) is 1. The Hall–Kier alpha value is -3.49. The lowest BCUT2D eigenvalue weighted by atomic mass is 10.1. The number of carbonyl (C=O) groups excluding carboxylic acids is 1. The van der Waals surface area contributed by atoms with Crippen molar-refractivity contribution >= 4 is 22.5 Å². The Morgan fingerprint density at radius 3 is 2.89 bits per heavy atom. The summed E-state index contributed by atoms with van der Waals surface area (Å²) in [5.74, 6) is -0.195. The predicted molar refractivity (Wildman–Crippen MR) is 99.4 cm³/mol. The summed E-state index contributed by atoms with van der Waals surface area (Å²) in [6.45, 7) is 4.24. The van der Waals surface area contributed by atoms with E-state index in [1.54, 1.807) is 11.3 Å². The fraction of sp³-hybridized carbons (Fsp3) is 0.278. The van der Waals surface area contributed by atoms with Crippen molar-refractivity contribution in [3.8, 4) is 0 Å². The lowest BCUT2D eigenvalue weighted by Crippen LogP contribution is -2.35. The van der Waals surface area contributed by atoms with E-state index in [2.05, 4.69) is 20.5 Å². The molecule has 27 heavy (non-hydrogen) atoms. The molecule has 4 rings (SSSR count). The molecule has 4 aromatic rings. The minimum atomic E-state index is -0.475. The fourth-order valence-electron chi connectivity index (χ4n) is 3.11. The van der Waals surface area contributed by atoms with Crippen molar-refractivity contribution < 1.29 is 4.79 Å². The average Bonchev–Trinajstić information content (AvgIpc) is 3.31. The highest BCUT2D eigenvalue weighted by molar-refractivity contribution is 5.83. The van der Waals surface area contributed by atoms with Gasteiger partial charge >= 0.3 is 5.69 Å². The van der Waals surface area contributed by atoms with Crippen LogP contribution in [0.1, 0.15) is 18.5 Å². The second-order valence-electron chi connectivity index (χ2n) is 6.39.